The largest absolute Gasteiger partial charge is 0.673 e. The average molecular weight is 433 g/mol. The quantitative estimate of drug-likeness (QED) is 0.107. The monoisotopic (exact) mass is 433 g/mol. The number of hydrogen-bond acceptors (Lipinski definition) is 2. The van der Waals surface area contributed by atoms with Crippen LogP contribution in [0.3, 0.4) is 0 Å². The van der Waals surface area contributed by atoms with Gasteiger partial charge < -0.3 is 21.3 Å². The summed E-state index contributed by atoms with van der Waals surface area (Å²) < 4.78 is 42.3. The van der Waals surface area contributed by atoms with Crippen molar-refractivity contribution in [3.63, 3.8) is 0 Å². The lowest BCUT2D eigenvalue weighted by Gasteiger charge is -2.07. The van der Waals surface area contributed by atoms with Crippen molar-refractivity contribution < 1.29 is 26.2 Å². The number of rotatable bonds is 2. The van der Waals surface area contributed by atoms with E-state index in [0.29, 0.717) is 0 Å². The summed E-state index contributed by atoms with van der Waals surface area (Å²) in [6.07, 6.45) is 0. The Hall–Kier alpha value is -3.36. The fourth-order valence-corrected chi connectivity index (χ4v) is 3.89. The summed E-state index contributed by atoms with van der Waals surface area (Å²) in [4.78, 5) is 10.6. The van der Waals surface area contributed by atoms with Gasteiger partial charge in [-0.1, -0.05) is 0 Å². The summed E-state index contributed by atoms with van der Waals surface area (Å²) >= 11 is 0. The highest BCUT2D eigenvalue weighted by molar-refractivity contribution is 6.50. The van der Waals surface area contributed by atoms with Crippen LogP contribution in [-0.4, -0.2) is 12.2 Å². The number of fused-ring (bicyclic) bond motifs is 3. The second-order valence-electron chi connectivity index (χ2n) is 7.47. The number of benzene rings is 3. The van der Waals surface area contributed by atoms with Gasteiger partial charge >= 0.3 is 7.25 Å². The number of nitrogens with zero attached hydrogens (tertiary/aromatic N) is 1. The van der Waals surface area contributed by atoms with E-state index in [9.17, 15) is 27.4 Å². The van der Waals surface area contributed by atoms with Gasteiger partial charge in [-0.3, -0.25) is 10.1 Å². The van der Waals surface area contributed by atoms with E-state index >= 15 is 0 Å². The third-order valence-corrected chi connectivity index (χ3v) is 4.82. The molecule has 0 N–H and O–H groups in total. The molecule has 9 heteroatoms. The first-order valence-electron chi connectivity index (χ1n) is 9.45. The SMILES string of the molecule is Cc1cc(C)c2c(c1)c1cc(C)cc(C)c1[o+]2-c1ccc([N+](=O)[O-])cc1.F[B-](F)(F)F. The van der Waals surface area contributed by atoms with Gasteiger partial charge in [-0.25, -0.2) is 0 Å². The molecule has 1 heterocycles. The van der Waals surface area contributed by atoms with Crippen LogP contribution in [0.5, 0.6) is 0 Å². The Balaban J connectivity index is 0.000000491. The first-order valence-corrected chi connectivity index (χ1v) is 9.45. The number of furan rings is 1. The van der Waals surface area contributed by atoms with E-state index in [-0.39, 0.29) is 10.6 Å². The minimum atomic E-state index is -6.00. The standard InChI is InChI=1S/C22H20NO3.BF4/c1-13-9-15(3)21-19(11-13)20-12-14(2)10-16(4)22(20)26(21)18-7-5-17(6-8-18)23(24)25;2-1(3,4)5/h5-12H,1-4H3;/q+1;-1. The summed E-state index contributed by atoms with van der Waals surface area (Å²) in [5.41, 5.74) is 7.01. The highest BCUT2D eigenvalue weighted by Gasteiger charge is 2.25. The third kappa shape index (κ3) is 4.71. The molecule has 4 rings (SSSR count). The second-order valence-corrected chi connectivity index (χ2v) is 7.47. The van der Waals surface area contributed by atoms with E-state index in [0.717, 1.165) is 28.0 Å². The van der Waals surface area contributed by atoms with Crippen molar-refractivity contribution in [2.45, 2.75) is 27.7 Å². The van der Waals surface area contributed by atoms with Gasteiger partial charge in [-0.05, 0) is 63.1 Å². The van der Waals surface area contributed by atoms with E-state index < -0.39 is 7.25 Å². The first kappa shape index (κ1) is 22.3. The van der Waals surface area contributed by atoms with Gasteiger partial charge in [0.1, 0.15) is 0 Å². The van der Waals surface area contributed by atoms with Gasteiger partial charge in [0.2, 0.25) is 0 Å². The van der Waals surface area contributed by atoms with Crippen LogP contribution < -0.4 is 0 Å². The van der Waals surface area contributed by atoms with Crippen molar-refractivity contribution in [2.24, 2.45) is 0 Å². The van der Waals surface area contributed by atoms with Crippen LogP contribution in [0.1, 0.15) is 22.3 Å². The molecule has 3 aromatic carbocycles. The predicted molar refractivity (Wildman–Crippen MR) is 115 cm³/mol. The Kier molecular flexibility index (Phi) is 5.80. The lowest BCUT2D eigenvalue weighted by molar-refractivity contribution is -0.384. The minimum Gasteiger partial charge on any atom is -0.498 e. The van der Waals surface area contributed by atoms with Gasteiger partial charge in [0.15, 0.2) is 0 Å². The van der Waals surface area contributed by atoms with Crippen LogP contribution in [0.15, 0.2) is 52.6 Å². The van der Waals surface area contributed by atoms with Crippen molar-refractivity contribution in [1.29, 1.82) is 0 Å². The number of nitro groups is 1. The number of hydrogen-bond donors (Lipinski definition) is 0. The summed E-state index contributed by atoms with van der Waals surface area (Å²) in [5, 5.41) is 13.4. The molecule has 0 amide bonds. The third-order valence-electron chi connectivity index (χ3n) is 4.82. The molecule has 0 bridgehead atoms. The molecule has 0 aliphatic heterocycles. The van der Waals surface area contributed by atoms with Crippen molar-refractivity contribution in [2.75, 3.05) is 0 Å². The van der Waals surface area contributed by atoms with Crippen molar-refractivity contribution in [3.05, 3.63) is 80.9 Å². The molecule has 0 saturated heterocycles. The normalized spacial score (nSPS) is 11.5. The highest BCUT2D eigenvalue weighted by atomic mass is 19.5. The van der Waals surface area contributed by atoms with E-state index in [2.05, 4.69) is 56.0 Å². The average Bonchev–Trinajstić information content (AvgIpc) is 2.95. The second kappa shape index (κ2) is 8.05. The molecule has 4 aromatic rings. The van der Waals surface area contributed by atoms with E-state index in [1.165, 1.54) is 21.9 Å². The van der Waals surface area contributed by atoms with Gasteiger partial charge in [0, 0.05) is 35.4 Å². The number of non-ortho nitro benzene ring substituents is 1. The molecule has 0 aliphatic rings. The lowest BCUT2D eigenvalue weighted by atomic mass is 10.0. The van der Waals surface area contributed by atoms with Gasteiger partial charge in [0.05, 0.1) is 15.7 Å². The lowest BCUT2D eigenvalue weighted by Crippen LogP contribution is -2.02. The molecule has 162 valence electrons. The number of aryl methyl sites for hydroxylation is 4. The molecule has 0 aliphatic carbocycles. The summed E-state index contributed by atoms with van der Waals surface area (Å²) in [5.74, 6) is 0.856. The Morgan fingerprint density at radius 3 is 1.52 bits per heavy atom. The first-order chi connectivity index (χ1) is 14.4. The van der Waals surface area contributed by atoms with Crippen LogP contribution in [0, 0.1) is 37.8 Å². The molecule has 0 radical (unpaired) electrons. The van der Waals surface area contributed by atoms with Crippen LogP contribution in [0.2, 0.25) is 0 Å². The fourth-order valence-electron chi connectivity index (χ4n) is 3.89. The summed E-state index contributed by atoms with van der Waals surface area (Å²) in [6.45, 7) is 8.42. The van der Waals surface area contributed by atoms with Gasteiger partial charge in [-0.15, -0.1) is 0 Å². The van der Waals surface area contributed by atoms with E-state index in [1.807, 2.05) is 0 Å². The zero-order valence-electron chi connectivity index (χ0n) is 17.4. The Bertz CT molecular complexity index is 1220. The number of halogens is 4. The Morgan fingerprint density at radius 2 is 1.16 bits per heavy atom. The molecule has 0 unspecified atom stereocenters. The maximum absolute atomic E-state index is 11.0. The predicted octanol–water partition coefficient (Wildman–Crippen LogP) is 7.70. The van der Waals surface area contributed by atoms with Crippen molar-refractivity contribution in [1.82, 2.24) is 0 Å². The summed E-state index contributed by atoms with van der Waals surface area (Å²) in [6, 6.07) is 15.4. The molecule has 4 nitrogen and oxygen atoms in total. The van der Waals surface area contributed by atoms with Crippen LogP contribution in [0.4, 0.5) is 23.0 Å². The van der Waals surface area contributed by atoms with Gasteiger partial charge in [0.25, 0.3) is 22.6 Å². The smallest absolute Gasteiger partial charge is 0.498 e. The molecular weight excluding hydrogens is 413 g/mol. The molecule has 0 saturated carbocycles. The summed E-state index contributed by atoms with van der Waals surface area (Å²) in [7, 11) is -6.00. The highest BCUT2D eigenvalue weighted by Crippen LogP contribution is 2.42. The zero-order valence-corrected chi connectivity index (χ0v) is 17.4. The molecule has 0 spiro atoms. The van der Waals surface area contributed by atoms with E-state index in [1.54, 1.807) is 24.3 Å². The van der Waals surface area contributed by atoms with Crippen molar-refractivity contribution >= 4 is 34.9 Å². The van der Waals surface area contributed by atoms with Crippen molar-refractivity contribution in [3.8, 4) is 5.75 Å². The Labute approximate surface area is 176 Å². The molecular formula is C22H20BF4NO3. The maximum Gasteiger partial charge on any atom is 0.673 e. The van der Waals surface area contributed by atoms with Gasteiger partial charge in [-0.2, -0.15) is 0 Å². The molecule has 1 aromatic heterocycles. The van der Waals surface area contributed by atoms with Crippen LogP contribution in [0.25, 0.3) is 27.7 Å². The molecule has 0 fully saturated rings. The number of nitro benzene ring substituents is 1. The fraction of sp³-hybridized carbons (Fsp3) is 0.182. The zero-order chi connectivity index (χ0) is 23.1. The van der Waals surface area contributed by atoms with Crippen LogP contribution in [-0.2, 0) is 0 Å². The van der Waals surface area contributed by atoms with E-state index in [4.69, 9.17) is 0 Å². The topological polar surface area (TPSA) is 45.8 Å². The maximum atomic E-state index is 11.0. The van der Waals surface area contributed by atoms with Crippen LogP contribution >= 0.6 is 0 Å². The molecule has 0 atom stereocenters. The Morgan fingerprint density at radius 1 is 0.774 bits per heavy atom. The minimum absolute atomic E-state index is 0.0928. The molecule has 31 heavy (non-hydrogen) atoms.